The number of amides is 1. The van der Waals surface area contributed by atoms with Gasteiger partial charge in [-0.1, -0.05) is 48.5 Å². The SMILES string of the molecule is C[C@@H](NCC(=O)Nc1ccccc1Cc1ccccc1)c1ccco1. The fraction of sp³-hybridized carbons (Fsp3) is 0.190. The molecule has 0 unspecified atom stereocenters. The lowest BCUT2D eigenvalue weighted by Gasteiger charge is -2.14. The molecule has 0 aliphatic rings. The summed E-state index contributed by atoms with van der Waals surface area (Å²) in [6.45, 7) is 2.19. The molecule has 0 saturated carbocycles. The molecule has 4 nitrogen and oxygen atoms in total. The second kappa shape index (κ2) is 8.31. The van der Waals surface area contributed by atoms with Crippen molar-refractivity contribution in [3.05, 3.63) is 89.9 Å². The number of furan rings is 1. The zero-order chi connectivity index (χ0) is 17.5. The number of carbonyl (C=O) groups is 1. The highest BCUT2D eigenvalue weighted by Crippen LogP contribution is 2.19. The van der Waals surface area contributed by atoms with Gasteiger partial charge in [-0.3, -0.25) is 10.1 Å². The summed E-state index contributed by atoms with van der Waals surface area (Å²) in [6.07, 6.45) is 2.42. The van der Waals surface area contributed by atoms with Gasteiger partial charge in [-0.15, -0.1) is 0 Å². The van der Waals surface area contributed by atoms with Gasteiger partial charge in [-0.2, -0.15) is 0 Å². The molecule has 0 aliphatic heterocycles. The van der Waals surface area contributed by atoms with Crippen LogP contribution in [0, 0.1) is 0 Å². The van der Waals surface area contributed by atoms with Crippen molar-refractivity contribution in [1.82, 2.24) is 5.32 Å². The summed E-state index contributed by atoms with van der Waals surface area (Å²) in [5.74, 6) is 0.746. The van der Waals surface area contributed by atoms with Crippen LogP contribution in [0.15, 0.2) is 77.4 Å². The molecule has 4 heteroatoms. The molecule has 0 fully saturated rings. The third-order valence-corrected chi connectivity index (χ3v) is 4.07. The molecule has 3 rings (SSSR count). The molecule has 2 aromatic carbocycles. The van der Waals surface area contributed by atoms with E-state index in [1.54, 1.807) is 6.26 Å². The van der Waals surface area contributed by atoms with Gasteiger partial charge in [0.1, 0.15) is 5.76 Å². The summed E-state index contributed by atoms with van der Waals surface area (Å²) < 4.78 is 5.34. The molecular formula is C21H22N2O2. The summed E-state index contributed by atoms with van der Waals surface area (Å²) in [6, 6.07) is 21.9. The van der Waals surface area contributed by atoms with Crippen molar-refractivity contribution in [3.8, 4) is 0 Å². The lowest BCUT2D eigenvalue weighted by Crippen LogP contribution is -2.30. The smallest absolute Gasteiger partial charge is 0.238 e. The average molecular weight is 334 g/mol. The molecule has 25 heavy (non-hydrogen) atoms. The predicted octanol–water partition coefficient (Wildman–Crippen LogP) is 4.16. The van der Waals surface area contributed by atoms with Gasteiger partial charge in [0.25, 0.3) is 0 Å². The number of nitrogens with one attached hydrogen (secondary N) is 2. The van der Waals surface area contributed by atoms with Crippen molar-refractivity contribution in [2.24, 2.45) is 0 Å². The van der Waals surface area contributed by atoms with Crippen LogP contribution in [-0.2, 0) is 11.2 Å². The minimum atomic E-state index is -0.0704. The van der Waals surface area contributed by atoms with Crippen LogP contribution in [0.2, 0.25) is 0 Å². The van der Waals surface area contributed by atoms with Crippen LogP contribution >= 0.6 is 0 Å². The zero-order valence-electron chi connectivity index (χ0n) is 14.2. The first-order valence-corrected chi connectivity index (χ1v) is 8.41. The maximum atomic E-state index is 12.3. The van der Waals surface area contributed by atoms with Crippen molar-refractivity contribution < 1.29 is 9.21 Å². The van der Waals surface area contributed by atoms with Crippen molar-refractivity contribution in [2.75, 3.05) is 11.9 Å². The van der Waals surface area contributed by atoms with Crippen molar-refractivity contribution in [3.63, 3.8) is 0 Å². The van der Waals surface area contributed by atoms with Gasteiger partial charge in [0, 0.05) is 5.69 Å². The Labute approximate surface area is 147 Å². The Hall–Kier alpha value is -2.85. The monoisotopic (exact) mass is 334 g/mol. The van der Waals surface area contributed by atoms with Gasteiger partial charge in [0.05, 0.1) is 18.8 Å². The van der Waals surface area contributed by atoms with Crippen LogP contribution < -0.4 is 10.6 Å². The van der Waals surface area contributed by atoms with Gasteiger partial charge in [0.2, 0.25) is 5.91 Å². The van der Waals surface area contributed by atoms with E-state index in [0.29, 0.717) is 0 Å². The van der Waals surface area contributed by atoms with Crippen LogP contribution in [0.4, 0.5) is 5.69 Å². The zero-order valence-corrected chi connectivity index (χ0v) is 14.2. The average Bonchev–Trinajstić information content (AvgIpc) is 3.17. The molecular weight excluding hydrogens is 312 g/mol. The van der Waals surface area contributed by atoms with Crippen LogP contribution in [-0.4, -0.2) is 12.5 Å². The lowest BCUT2D eigenvalue weighted by molar-refractivity contribution is -0.115. The minimum Gasteiger partial charge on any atom is -0.468 e. The van der Waals surface area contributed by atoms with Crippen molar-refractivity contribution >= 4 is 11.6 Å². The summed E-state index contributed by atoms with van der Waals surface area (Å²) in [5.41, 5.74) is 3.17. The summed E-state index contributed by atoms with van der Waals surface area (Å²) in [7, 11) is 0. The van der Waals surface area contributed by atoms with E-state index in [-0.39, 0.29) is 18.5 Å². The Morgan fingerprint density at radius 3 is 2.52 bits per heavy atom. The highest BCUT2D eigenvalue weighted by atomic mass is 16.3. The van der Waals surface area contributed by atoms with Gasteiger partial charge < -0.3 is 9.73 Å². The third kappa shape index (κ3) is 4.81. The summed E-state index contributed by atoms with van der Waals surface area (Å²) in [4.78, 5) is 12.3. The normalized spacial score (nSPS) is 11.9. The Morgan fingerprint density at radius 1 is 1.00 bits per heavy atom. The quantitative estimate of drug-likeness (QED) is 0.682. The van der Waals surface area contributed by atoms with E-state index in [1.807, 2.05) is 61.5 Å². The predicted molar refractivity (Wildman–Crippen MR) is 99.4 cm³/mol. The summed E-state index contributed by atoms with van der Waals surface area (Å²) >= 11 is 0. The van der Waals surface area contributed by atoms with Gasteiger partial charge in [0.15, 0.2) is 0 Å². The largest absolute Gasteiger partial charge is 0.468 e. The van der Waals surface area contributed by atoms with E-state index in [0.717, 1.165) is 23.4 Å². The topological polar surface area (TPSA) is 54.3 Å². The standard InChI is InChI=1S/C21H22N2O2/c1-16(20-12-7-13-25-20)22-15-21(24)23-19-11-6-5-10-18(19)14-17-8-3-2-4-9-17/h2-13,16,22H,14-15H2,1H3,(H,23,24)/t16-/m1/s1. The molecule has 1 atom stereocenters. The Kier molecular flexibility index (Phi) is 5.65. The van der Waals surface area contributed by atoms with E-state index >= 15 is 0 Å². The first kappa shape index (κ1) is 17.0. The second-order valence-corrected chi connectivity index (χ2v) is 5.99. The molecule has 0 radical (unpaired) electrons. The molecule has 0 bridgehead atoms. The number of hydrogen-bond donors (Lipinski definition) is 2. The Balaban J connectivity index is 1.59. The first-order valence-electron chi connectivity index (χ1n) is 8.41. The maximum Gasteiger partial charge on any atom is 0.238 e. The van der Waals surface area contributed by atoms with E-state index in [9.17, 15) is 4.79 Å². The number of hydrogen-bond acceptors (Lipinski definition) is 3. The number of rotatable bonds is 7. The first-order chi connectivity index (χ1) is 12.2. The fourth-order valence-corrected chi connectivity index (χ4v) is 2.69. The Morgan fingerprint density at radius 2 is 1.76 bits per heavy atom. The van der Waals surface area contributed by atoms with Crippen LogP contribution in [0.1, 0.15) is 29.9 Å². The minimum absolute atomic E-state index is 0.0136. The highest BCUT2D eigenvalue weighted by molar-refractivity contribution is 5.93. The van der Waals surface area contributed by atoms with Crippen molar-refractivity contribution in [2.45, 2.75) is 19.4 Å². The van der Waals surface area contributed by atoms with Crippen LogP contribution in [0.25, 0.3) is 0 Å². The maximum absolute atomic E-state index is 12.3. The number of benzene rings is 2. The molecule has 2 N–H and O–H groups in total. The number of carbonyl (C=O) groups excluding carboxylic acids is 1. The molecule has 1 heterocycles. The van der Waals surface area contributed by atoms with E-state index in [4.69, 9.17) is 4.42 Å². The molecule has 0 saturated heterocycles. The third-order valence-electron chi connectivity index (χ3n) is 4.07. The molecule has 128 valence electrons. The lowest BCUT2D eigenvalue weighted by atomic mass is 10.0. The molecule has 0 aliphatic carbocycles. The van der Waals surface area contributed by atoms with Gasteiger partial charge in [-0.25, -0.2) is 0 Å². The second-order valence-electron chi connectivity index (χ2n) is 5.99. The summed E-state index contributed by atoms with van der Waals surface area (Å²) in [5, 5.41) is 6.17. The van der Waals surface area contributed by atoms with E-state index < -0.39 is 0 Å². The molecule has 1 aromatic heterocycles. The van der Waals surface area contributed by atoms with Crippen LogP contribution in [0.5, 0.6) is 0 Å². The fourth-order valence-electron chi connectivity index (χ4n) is 2.69. The highest BCUT2D eigenvalue weighted by Gasteiger charge is 2.11. The van der Waals surface area contributed by atoms with Gasteiger partial charge >= 0.3 is 0 Å². The Bertz CT molecular complexity index is 798. The van der Waals surface area contributed by atoms with E-state index in [2.05, 4.69) is 22.8 Å². The number of para-hydroxylation sites is 1. The molecule has 3 aromatic rings. The van der Waals surface area contributed by atoms with E-state index in [1.165, 1.54) is 5.56 Å². The molecule has 1 amide bonds. The van der Waals surface area contributed by atoms with Gasteiger partial charge in [-0.05, 0) is 42.7 Å². The van der Waals surface area contributed by atoms with Crippen molar-refractivity contribution in [1.29, 1.82) is 0 Å². The number of anilines is 1. The molecule has 0 spiro atoms. The van der Waals surface area contributed by atoms with Crippen LogP contribution in [0.3, 0.4) is 0 Å².